The van der Waals surface area contributed by atoms with Gasteiger partial charge in [0.1, 0.15) is 34.7 Å². The van der Waals surface area contributed by atoms with E-state index >= 15 is 0 Å². The van der Waals surface area contributed by atoms with Crippen LogP contribution in [0.2, 0.25) is 0 Å². The van der Waals surface area contributed by atoms with Crippen LogP contribution in [0.25, 0.3) is 5.57 Å². The molecule has 16 nitrogen and oxygen atoms in total. The Bertz CT molecular complexity index is 2060. The van der Waals surface area contributed by atoms with E-state index in [1.54, 1.807) is 30.6 Å². The number of nitrogens with one attached hydrogen (secondary N) is 4. The Kier molecular flexibility index (Phi) is 12.9. The van der Waals surface area contributed by atoms with Crippen molar-refractivity contribution in [3.05, 3.63) is 73.1 Å². The highest BCUT2D eigenvalue weighted by Crippen LogP contribution is 2.45. The molecule has 1 spiro atoms. The molecule has 5 amide bonds. The Labute approximate surface area is 344 Å². The molecule has 2 aromatic rings. The quantitative estimate of drug-likeness (QED) is 0.314. The van der Waals surface area contributed by atoms with Crippen LogP contribution in [-0.4, -0.2) is 109 Å². The van der Waals surface area contributed by atoms with Gasteiger partial charge < -0.3 is 35.2 Å². The highest BCUT2D eigenvalue weighted by molar-refractivity contribution is 7.90. The lowest BCUT2D eigenvalue weighted by Gasteiger charge is -2.30. The minimum absolute atomic E-state index is 0.0710. The summed E-state index contributed by atoms with van der Waals surface area (Å²) in [7, 11) is -4.40. The van der Waals surface area contributed by atoms with Crippen molar-refractivity contribution in [1.29, 1.82) is 0 Å². The zero-order valence-corrected chi connectivity index (χ0v) is 33.9. The molecule has 0 unspecified atom stereocenters. The standard InChI is InChI=1S/C42H53N7O9S/c1-2-30-25-42(30)39(52)47-59(55,56)36-16-10-9-14-33(36)44-20-11-5-3-4-6-15-34(45-40(53)57-31-12-7-8-13-31)38(51)49-27-32(24-35(49)37(50)46-42)58-41(54)48-23-19-29(26-48)28-17-21-43-22-18-28/h2,9-10,14,16-19,21-22,30-32,34-35,44H,1,3-8,11-13,15,20,23-27H2,(H,45,53)(H,46,50)(H,47,52)/t30-,32-,34+,35+,42-/m1/s1. The first-order chi connectivity index (χ1) is 28.5. The number of fused-ring (bicyclic) bond motifs is 2. The Morgan fingerprint density at radius 2 is 1.66 bits per heavy atom. The highest BCUT2D eigenvalue weighted by Gasteiger charge is 2.61. The number of amides is 5. The largest absolute Gasteiger partial charge is 0.446 e. The average Bonchev–Trinajstić information content (AvgIpc) is 3.67. The lowest BCUT2D eigenvalue weighted by atomic mass is 10.0. The molecule has 1 aromatic carbocycles. The van der Waals surface area contributed by atoms with E-state index in [9.17, 15) is 32.4 Å². The van der Waals surface area contributed by atoms with Gasteiger partial charge in [0.05, 0.1) is 12.2 Å². The van der Waals surface area contributed by atoms with Crippen LogP contribution in [0.5, 0.6) is 0 Å². The van der Waals surface area contributed by atoms with E-state index < -0.39 is 69.6 Å². The summed E-state index contributed by atoms with van der Waals surface area (Å²) in [5, 5.41) is 8.74. The normalized spacial score (nSPS) is 27.9. The summed E-state index contributed by atoms with van der Waals surface area (Å²) in [6.07, 6.45) is 11.6. The summed E-state index contributed by atoms with van der Waals surface area (Å²) in [4.78, 5) is 76.5. The van der Waals surface area contributed by atoms with Crippen molar-refractivity contribution in [3.8, 4) is 0 Å². The Balaban J connectivity index is 1.14. The van der Waals surface area contributed by atoms with Crippen LogP contribution in [0.15, 0.2) is 72.4 Å². The summed E-state index contributed by atoms with van der Waals surface area (Å²) >= 11 is 0. The zero-order valence-electron chi connectivity index (χ0n) is 33.1. The number of anilines is 1. The fourth-order valence-corrected chi connectivity index (χ4v) is 9.76. The van der Waals surface area contributed by atoms with E-state index in [2.05, 4.69) is 32.2 Å². The third-order valence-electron chi connectivity index (χ3n) is 11.9. The summed E-state index contributed by atoms with van der Waals surface area (Å²) in [6.45, 7) is 4.73. The number of nitrogens with zero attached hydrogens (tertiary/aromatic N) is 3. The second-order valence-corrected chi connectivity index (χ2v) is 17.7. The molecule has 316 valence electrons. The Morgan fingerprint density at radius 3 is 2.42 bits per heavy atom. The third-order valence-corrected chi connectivity index (χ3v) is 13.3. The molecule has 2 aliphatic carbocycles. The first-order valence-electron chi connectivity index (χ1n) is 20.6. The number of benzene rings is 1. The second kappa shape index (κ2) is 18.2. The van der Waals surface area contributed by atoms with Crippen LogP contribution in [0.4, 0.5) is 15.3 Å². The topological polar surface area (TPSA) is 205 Å². The van der Waals surface area contributed by atoms with Gasteiger partial charge in [-0.05, 0) is 80.3 Å². The number of pyridine rings is 1. The minimum atomic E-state index is -4.40. The highest BCUT2D eigenvalue weighted by atomic mass is 32.2. The van der Waals surface area contributed by atoms with Gasteiger partial charge in [0.2, 0.25) is 11.8 Å². The maximum atomic E-state index is 14.6. The van der Waals surface area contributed by atoms with E-state index in [0.717, 1.165) is 62.5 Å². The number of carbonyl (C=O) groups is 5. The molecule has 17 heteroatoms. The summed E-state index contributed by atoms with van der Waals surface area (Å²) < 4.78 is 41.3. The average molecular weight is 832 g/mol. The van der Waals surface area contributed by atoms with Crippen molar-refractivity contribution in [1.82, 2.24) is 30.1 Å². The molecule has 5 aliphatic rings. The number of sulfonamides is 1. The van der Waals surface area contributed by atoms with E-state index in [-0.39, 0.29) is 36.8 Å². The number of rotatable bonds is 5. The molecule has 0 bridgehead atoms. The van der Waals surface area contributed by atoms with E-state index in [1.807, 2.05) is 18.2 Å². The molecule has 0 radical (unpaired) electrons. The predicted octanol–water partition coefficient (Wildman–Crippen LogP) is 4.26. The first kappa shape index (κ1) is 41.7. The molecule has 2 saturated carbocycles. The molecule has 59 heavy (non-hydrogen) atoms. The van der Waals surface area contributed by atoms with Gasteiger partial charge in [-0.25, -0.2) is 22.7 Å². The lowest BCUT2D eigenvalue weighted by molar-refractivity contribution is -0.141. The molecule has 4 N–H and O–H groups in total. The van der Waals surface area contributed by atoms with E-state index in [0.29, 0.717) is 31.7 Å². The lowest BCUT2D eigenvalue weighted by Crippen LogP contribution is -2.58. The second-order valence-electron chi connectivity index (χ2n) is 16.0. The minimum Gasteiger partial charge on any atom is -0.446 e. The zero-order chi connectivity index (χ0) is 41.6. The van der Waals surface area contributed by atoms with Gasteiger partial charge in [0.25, 0.3) is 15.9 Å². The van der Waals surface area contributed by atoms with Crippen LogP contribution in [0.1, 0.15) is 82.6 Å². The molecular weight excluding hydrogens is 779 g/mol. The summed E-state index contributed by atoms with van der Waals surface area (Å²) in [5.74, 6) is -2.84. The summed E-state index contributed by atoms with van der Waals surface area (Å²) in [5.41, 5.74) is 0.517. The fourth-order valence-electron chi connectivity index (χ4n) is 8.53. The van der Waals surface area contributed by atoms with Gasteiger partial charge in [-0.3, -0.25) is 19.4 Å². The van der Waals surface area contributed by atoms with E-state index in [1.165, 1.54) is 21.9 Å². The van der Waals surface area contributed by atoms with Crippen molar-refractivity contribution in [2.24, 2.45) is 5.92 Å². The molecule has 3 fully saturated rings. The number of carbonyl (C=O) groups excluding carboxylic acids is 5. The molecule has 5 atom stereocenters. The molecule has 4 heterocycles. The number of para-hydroxylation sites is 1. The maximum Gasteiger partial charge on any atom is 0.410 e. The van der Waals surface area contributed by atoms with Crippen molar-refractivity contribution in [3.63, 3.8) is 0 Å². The summed E-state index contributed by atoms with van der Waals surface area (Å²) in [6, 6.07) is 7.72. The van der Waals surface area contributed by atoms with Crippen molar-refractivity contribution in [2.45, 2.75) is 112 Å². The SMILES string of the molecule is C=C[C@@H]1C[C@@]12NC(=O)[C@@H]1C[C@@H](OC(=O)N3CC=C(c4ccncc4)C3)CN1C(=O)[C@@H](NC(=O)OC1CCCC1)CCCCCCCNc1ccccc1S(=O)(=O)NC2=O. The van der Waals surface area contributed by atoms with Crippen LogP contribution in [-0.2, 0) is 33.9 Å². The van der Waals surface area contributed by atoms with Gasteiger partial charge >= 0.3 is 12.2 Å². The van der Waals surface area contributed by atoms with Crippen LogP contribution >= 0.6 is 0 Å². The van der Waals surface area contributed by atoms with Gasteiger partial charge in [0.15, 0.2) is 0 Å². The van der Waals surface area contributed by atoms with Gasteiger partial charge in [0, 0.05) is 44.4 Å². The molecule has 1 aromatic heterocycles. The van der Waals surface area contributed by atoms with Gasteiger partial charge in [-0.15, -0.1) is 6.58 Å². The maximum absolute atomic E-state index is 14.6. The molecular formula is C42H53N7O9S. The van der Waals surface area contributed by atoms with Gasteiger partial charge in [-0.1, -0.05) is 50.0 Å². The number of aromatic nitrogens is 1. The van der Waals surface area contributed by atoms with Crippen LogP contribution < -0.4 is 20.7 Å². The van der Waals surface area contributed by atoms with Crippen molar-refractivity contribution >= 4 is 51.2 Å². The van der Waals surface area contributed by atoms with Crippen molar-refractivity contribution < 1.29 is 41.9 Å². The number of hydrogen-bond acceptors (Lipinski definition) is 11. The number of ether oxygens (including phenoxy) is 2. The number of alkyl carbamates (subject to hydrolysis) is 1. The smallest absolute Gasteiger partial charge is 0.410 e. The molecule has 1 saturated heterocycles. The first-order valence-corrected chi connectivity index (χ1v) is 22.1. The third kappa shape index (κ3) is 9.72. The Morgan fingerprint density at radius 1 is 0.932 bits per heavy atom. The monoisotopic (exact) mass is 831 g/mol. The van der Waals surface area contributed by atoms with Crippen LogP contribution in [0, 0.1) is 5.92 Å². The molecule has 7 rings (SSSR count). The molecule has 3 aliphatic heterocycles. The number of hydrogen-bond donors (Lipinski definition) is 4. The van der Waals surface area contributed by atoms with Crippen LogP contribution in [0.3, 0.4) is 0 Å². The van der Waals surface area contributed by atoms with Gasteiger partial charge in [-0.2, -0.15) is 0 Å². The Hall–Kier alpha value is -5.45. The fraction of sp³-hybridized carbons (Fsp3) is 0.524. The predicted molar refractivity (Wildman–Crippen MR) is 217 cm³/mol. The van der Waals surface area contributed by atoms with Crippen molar-refractivity contribution in [2.75, 3.05) is 31.5 Å². The van der Waals surface area contributed by atoms with E-state index in [4.69, 9.17) is 9.47 Å².